The molecule has 1 aromatic carbocycles. The van der Waals surface area contributed by atoms with E-state index in [1.165, 1.54) is 23.5 Å². The van der Waals surface area contributed by atoms with Crippen molar-refractivity contribution < 1.29 is 12.8 Å². The minimum Gasteiger partial charge on any atom is -0.316 e. The molecule has 1 aliphatic carbocycles. The summed E-state index contributed by atoms with van der Waals surface area (Å²) in [5.41, 5.74) is 0.249. The molecule has 20 heavy (non-hydrogen) atoms. The monoisotopic (exact) mass is 320 g/mol. The molecule has 1 N–H and O–H groups in total. The van der Waals surface area contributed by atoms with Gasteiger partial charge in [-0.05, 0) is 37.9 Å². The molecule has 0 amide bonds. The standard InChI is InChI=1S/C13H18ClFN2O2S/c1-16-7-10-5-11(14)6-12(13(10)15)20(18,19)17(2)8-9-3-4-9/h5-6,9,16H,3-4,7-8H2,1-2H3. The zero-order valence-corrected chi connectivity index (χ0v) is 13.1. The van der Waals surface area contributed by atoms with Crippen molar-refractivity contribution >= 4 is 21.6 Å². The molecule has 0 atom stereocenters. The van der Waals surface area contributed by atoms with Gasteiger partial charge in [0.1, 0.15) is 10.7 Å². The number of sulfonamides is 1. The van der Waals surface area contributed by atoms with Crippen LogP contribution < -0.4 is 5.32 Å². The molecule has 0 unspecified atom stereocenters. The van der Waals surface area contributed by atoms with Crippen LogP contribution in [0.3, 0.4) is 0 Å². The van der Waals surface area contributed by atoms with Crippen LogP contribution in [-0.4, -0.2) is 33.4 Å². The minimum absolute atomic E-state index is 0.218. The summed E-state index contributed by atoms with van der Waals surface area (Å²) in [6, 6.07) is 2.61. The average molecular weight is 321 g/mol. The van der Waals surface area contributed by atoms with Crippen molar-refractivity contribution in [1.82, 2.24) is 9.62 Å². The van der Waals surface area contributed by atoms with Gasteiger partial charge in [-0.2, -0.15) is 0 Å². The van der Waals surface area contributed by atoms with Gasteiger partial charge in [-0.25, -0.2) is 17.1 Å². The number of rotatable bonds is 6. The Hall–Kier alpha value is -0.690. The molecule has 1 aliphatic rings. The number of benzene rings is 1. The SMILES string of the molecule is CNCc1cc(Cl)cc(S(=O)(=O)N(C)CC2CC2)c1F. The molecule has 112 valence electrons. The van der Waals surface area contributed by atoms with Crippen LogP contribution in [0.4, 0.5) is 4.39 Å². The number of hydrogen-bond donors (Lipinski definition) is 1. The second kappa shape index (κ2) is 5.97. The van der Waals surface area contributed by atoms with Gasteiger partial charge in [0.15, 0.2) is 0 Å². The molecule has 1 aromatic rings. The maximum Gasteiger partial charge on any atom is 0.245 e. The van der Waals surface area contributed by atoms with E-state index in [0.29, 0.717) is 12.5 Å². The molecule has 0 saturated heterocycles. The predicted octanol–water partition coefficient (Wildman–Crippen LogP) is 2.23. The van der Waals surface area contributed by atoms with Gasteiger partial charge in [-0.1, -0.05) is 11.6 Å². The predicted molar refractivity (Wildman–Crippen MR) is 76.7 cm³/mol. The first-order valence-corrected chi connectivity index (χ1v) is 8.27. The van der Waals surface area contributed by atoms with Gasteiger partial charge >= 0.3 is 0 Å². The summed E-state index contributed by atoms with van der Waals surface area (Å²) in [7, 11) is -0.704. The first-order valence-electron chi connectivity index (χ1n) is 6.45. The van der Waals surface area contributed by atoms with Crippen molar-refractivity contribution in [2.75, 3.05) is 20.6 Å². The highest BCUT2D eigenvalue weighted by Crippen LogP contribution is 2.32. The minimum atomic E-state index is -3.84. The van der Waals surface area contributed by atoms with Crippen LogP contribution in [0.5, 0.6) is 0 Å². The van der Waals surface area contributed by atoms with E-state index in [9.17, 15) is 12.8 Å². The van der Waals surface area contributed by atoms with Gasteiger partial charge < -0.3 is 5.32 Å². The Morgan fingerprint density at radius 1 is 1.45 bits per heavy atom. The second-order valence-corrected chi connectivity index (χ2v) is 7.59. The summed E-state index contributed by atoms with van der Waals surface area (Å²) in [6.07, 6.45) is 2.06. The lowest BCUT2D eigenvalue weighted by molar-refractivity contribution is 0.446. The Labute approximate surface area is 124 Å². The fourth-order valence-corrected chi connectivity index (χ4v) is 3.74. The smallest absolute Gasteiger partial charge is 0.245 e. The second-order valence-electron chi connectivity index (χ2n) is 5.14. The van der Waals surface area contributed by atoms with Crippen molar-refractivity contribution in [1.29, 1.82) is 0 Å². The summed E-state index contributed by atoms with van der Waals surface area (Å²) in [5.74, 6) is -0.333. The highest BCUT2D eigenvalue weighted by Gasteiger charge is 2.31. The third-order valence-electron chi connectivity index (χ3n) is 3.35. The molecule has 0 bridgehead atoms. The van der Waals surface area contributed by atoms with Gasteiger partial charge in [-0.3, -0.25) is 0 Å². The Morgan fingerprint density at radius 3 is 2.65 bits per heavy atom. The van der Waals surface area contributed by atoms with Crippen molar-refractivity contribution in [3.8, 4) is 0 Å². The van der Waals surface area contributed by atoms with Crippen LogP contribution in [0.1, 0.15) is 18.4 Å². The Morgan fingerprint density at radius 2 is 2.10 bits per heavy atom. The van der Waals surface area contributed by atoms with Crippen molar-refractivity contribution in [2.24, 2.45) is 5.92 Å². The van der Waals surface area contributed by atoms with E-state index in [-0.39, 0.29) is 22.0 Å². The molecule has 7 heteroatoms. The van der Waals surface area contributed by atoms with Gasteiger partial charge in [0.05, 0.1) is 0 Å². The van der Waals surface area contributed by atoms with E-state index in [0.717, 1.165) is 12.8 Å². The molecule has 0 spiro atoms. The maximum atomic E-state index is 14.3. The zero-order chi connectivity index (χ0) is 14.9. The highest BCUT2D eigenvalue weighted by molar-refractivity contribution is 7.89. The van der Waals surface area contributed by atoms with E-state index >= 15 is 0 Å². The molecule has 2 rings (SSSR count). The van der Waals surface area contributed by atoms with E-state index in [2.05, 4.69) is 5.32 Å². The molecule has 4 nitrogen and oxygen atoms in total. The number of halogens is 2. The molecule has 1 saturated carbocycles. The lowest BCUT2D eigenvalue weighted by atomic mass is 10.2. The molecule has 0 aromatic heterocycles. The first kappa shape index (κ1) is 15.7. The van der Waals surface area contributed by atoms with E-state index < -0.39 is 15.8 Å². The van der Waals surface area contributed by atoms with Crippen LogP contribution in [0.15, 0.2) is 17.0 Å². The summed E-state index contributed by atoms with van der Waals surface area (Å²) in [5, 5.41) is 3.01. The fourth-order valence-electron chi connectivity index (χ4n) is 2.06. The normalized spacial score (nSPS) is 15.8. The van der Waals surface area contributed by atoms with Gasteiger partial charge in [0.25, 0.3) is 0 Å². The average Bonchev–Trinajstić information content (AvgIpc) is 3.17. The Kier molecular flexibility index (Phi) is 4.69. The third-order valence-corrected chi connectivity index (χ3v) is 5.39. The quantitative estimate of drug-likeness (QED) is 0.874. The molecule has 1 fully saturated rings. The van der Waals surface area contributed by atoms with Crippen LogP contribution in [0, 0.1) is 11.7 Å². The van der Waals surface area contributed by atoms with Gasteiger partial charge in [-0.15, -0.1) is 0 Å². The number of nitrogens with zero attached hydrogens (tertiary/aromatic N) is 1. The van der Waals surface area contributed by atoms with E-state index in [4.69, 9.17) is 11.6 Å². The third kappa shape index (κ3) is 3.31. The van der Waals surface area contributed by atoms with Gasteiger partial charge in [0.2, 0.25) is 10.0 Å². The lowest BCUT2D eigenvalue weighted by Gasteiger charge is -2.18. The van der Waals surface area contributed by atoms with Crippen molar-refractivity contribution in [3.05, 3.63) is 28.5 Å². The molecule has 0 aliphatic heterocycles. The zero-order valence-electron chi connectivity index (χ0n) is 11.5. The Bertz CT molecular complexity index is 603. The summed E-state index contributed by atoms with van der Waals surface area (Å²) < 4.78 is 40.4. The molecule has 0 heterocycles. The van der Waals surface area contributed by atoms with Crippen LogP contribution in [-0.2, 0) is 16.6 Å². The fraction of sp³-hybridized carbons (Fsp3) is 0.538. The van der Waals surface area contributed by atoms with Crippen LogP contribution in [0.2, 0.25) is 5.02 Å². The van der Waals surface area contributed by atoms with Crippen LogP contribution in [0.25, 0.3) is 0 Å². The van der Waals surface area contributed by atoms with Crippen molar-refractivity contribution in [3.63, 3.8) is 0 Å². The van der Waals surface area contributed by atoms with Crippen LogP contribution >= 0.6 is 11.6 Å². The van der Waals surface area contributed by atoms with Gasteiger partial charge in [0, 0.05) is 30.7 Å². The molecular formula is C13H18ClFN2O2S. The topological polar surface area (TPSA) is 49.4 Å². The molecular weight excluding hydrogens is 303 g/mol. The number of nitrogens with one attached hydrogen (secondary N) is 1. The van der Waals surface area contributed by atoms with Crippen molar-refractivity contribution in [2.45, 2.75) is 24.3 Å². The summed E-state index contributed by atoms with van der Waals surface area (Å²) >= 11 is 5.91. The number of hydrogen-bond acceptors (Lipinski definition) is 3. The highest BCUT2D eigenvalue weighted by atomic mass is 35.5. The van der Waals surface area contributed by atoms with E-state index in [1.54, 1.807) is 7.05 Å². The lowest BCUT2D eigenvalue weighted by Crippen LogP contribution is -2.30. The Balaban J connectivity index is 2.39. The largest absolute Gasteiger partial charge is 0.316 e. The first-order chi connectivity index (χ1) is 9.36. The molecule has 0 radical (unpaired) electrons. The maximum absolute atomic E-state index is 14.3. The summed E-state index contributed by atoms with van der Waals surface area (Å²) in [6.45, 7) is 0.650. The summed E-state index contributed by atoms with van der Waals surface area (Å²) in [4.78, 5) is -0.349. The van der Waals surface area contributed by atoms with E-state index in [1.807, 2.05) is 0 Å².